The molecule has 1 atom stereocenters. The van der Waals surface area contributed by atoms with Crippen molar-refractivity contribution in [1.82, 2.24) is 20.0 Å². The predicted octanol–water partition coefficient (Wildman–Crippen LogP) is 3.22. The van der Waals surface area contributed by atoms with Gasteiger partial charge in [0.2, 0.25) is 0 Å². The van der Waals surface area contributed by atoms with Crippen molar-refractivity contribution >= 4 is 18.3 Å². The van der Waals surface area contributed by atoms with E-state index >= 15 is 0 Å². The fraction of sp³-hybridized carbons (Fsp3) is 0.524. The molecule has 1 aromatic heterocycles. The summed E-state index contributed by atoms with van der Waals surface area (Å²) in [6, 6.07) is 6.72. The first-order valence-corrected chi connectivity index (χ1v) is 9.74. The Morgan fingerprint density at radius 2 is 2.07 bits per heavy atom. The zero-order chi connectivity index (χ0) is 18.3. The van der Waals surface area contributed by atoms with Gasteiger partial charge in [0.1, 0.15) is 0 Å². The third kappa shape index (κ3) is 3.50. The van der Waals surface area contributed by atoms with Crippen molar-refractivity contribution in [3.8, 4) is 5.69 Å². The van der Waals surface area contributed by atoms with E-state index in [-0.39, 0.29) is 24.4 Å². The number of rotatable bonds is 4. The lowest BCUT2D eigenvalue weighted by Crippen LogP contribution is -2.41. The number of hydrogen-bond acceptors (Lipinski definition) is 3. The van der Waals surface area contributed by atoms with Crippen LogP contribution in [0, 0.1) is 13.8 Å². The predicted molar refractivity (Wildman–Crippen MR) is 110 cm³/mol. The Morgan fingerprint density at radius 3 is 2.81 bits per heavy atom. The summed E-state index contributed by atoms with van der Waals surface area (Å²) in [7, 11) is 1.95. The van der Waals surface area contributed by atoms with Crippen LogP contribution in [0.4, 0.5) is 0 Å². The number of likely N-dealkylation sites (tertiary alicyclic amines) is 1. The van der Waals surface area contributed by atoms with Crippen LogP contribution < -0.4 is 5.32 Å². The van der Waals surface area contributed by atoms with Crippen LogP contribution in [-0.2, 0) is 12.8 Å². The number of hydrogen-bond donors (Lipinski definition) is 1. The first-order valence-electron chi connectivity index (χ1n) is 9.74. The fourth-order valence-corrected chi connectivity index (χ4v) is 4.54. The van der Waals surface area contributed by atoms with Crippen molar-refractivity contribution in [1.29, 1.82) is 0 Å². The minimum Gasteiger partial charge on any atom is -0.333 e. The van der Waals surface area contributed by atoms with Crippen LogP contribution in [0.15, 0.2) is 18.2 Å². The van der Waals surface area contributed by atoms with Gasteiger partial charge in [0, 0.05) is 30.4 Å². The van der Waals surface area contributed by atoms with Crippen molar-refractivity contribution in [2.24, 2.45) is 0 Å². The van der Waals surface area contributed by atoms with Crippen LogP contribution >= 0.6 is 12.4 Å². The normalized spacial score (nSPS) is 18.5. The molecule has 0 bridgehead atoms. The zero-order valence-electron chi connectivity index (χ0n) is 16.4. The average molecular weight is 389 g/mol. The minimum absolute atomic E-state index is 0. The number of fused-ring (bicyclic) bond motifs is 1. The molecule has 4 rings (SSSR count). The van der Waals surface area contributed by atoms with Gasteiger partial charge in [0.05, 0.1) is 5.69 Å². The van der Waals surface area contributed by atoms with Crippen LogP contribution in [0.3, 0.4) is 0 Å². The van der Waals surface area contributed by atoms with E-state index < -0.39 is 0 Å². The molecule has 6 heteroatoms. The van der Waals surface area contributed by atoms with E-state index in [0.717, 1.165) is 50.9 Å². The summed E-state index contributed by atoms with van der Waals surface area (Å²) >= 11 is 0. The lowest BCUT2D eigenvalue weighted by Gasteiger charge is -2.24. The Balaban J connectivity index is 0.00000210. The van der Waals surface area contributed by atoms with E-state index in [2.05, 4.69) is 37.4 Å². The molecule has 0 saturated carbocycles. The van der Waals surface area contributed by atoms with E-state index in [1.54, 1.807) is 0 Å². The third-order valence-electron chi connectivity index (χ3n) is 5.79. The zero-order valence-corrected chi connectivity index (χ0v) is 17.2. The van der Waals surface area contributed by atoms with E-state index in [9.17, 15) is 4.79 Å². The Hall–Kier alpha value is -1.85. The number of carbonyl (C=O) groups excluding carboxylic acids is 1. The van der Waals surface area contributed by atoms with E-state index in [1.165, 1.54) is 22.4 Å². The molecule has 2 aliphatic rings. The molecule has 0 radical (unpaired) electrons. The maximum atomic E-state index is 13.3. The molecule has 1 saturated heterocycles. The van der Waals surface area contributed by atoms with Crippen molar-refractivity contribution in [2.45, 2.75) is 52.0 Å². The van der Waals surface area contributed by atoms with Crippen LogP contribution in [0.1, 0.15) is 52.1 Å². The average Bonchev–Trinajstić information content (AvgIpc) is 3.31. The highest BCUT2D eigenvalue weighted by Gasteiger charge is 2.34. The fourth-order valence-electron chi connectivity index (χ4n) is 4.54. The van der Waals surface area contributed by atoms with Crippen LogP contribution in [0.2, 0.25) is 0 Å². The number of nitrogens with zero attached hydrogens (tertiary/aromatic N) is 3. The second kappa shape index (κ2) is 8.03. The van der Waals surface area contributed by atoms with Crippen LogP contribution in [0.25, 0.3) is 5.69 Å². The van der Waals surface area contributed by atoms with Gasteiger partial charge in [-0.1, -0.05) is 17.7 Å². The molecule has 1 aliphatic heterocycles. The molecule has 1 N–H and O–H groups in total. The van der Waals surface area contributed by atoms with Crippen molar-refractivity contribution < 1.29 is 4.79 Å². The number of amides is 1. The molecule has 1 aromatic carbocycles. The molecular formula is C21H29ClN4O. The first kappa shape index (κ1) is 19.9. The molecule has 1 unspecified atom stereocenters. The summed E-state index contributed by atoms with van der Waals surface area (Å²) in [5.41, 5.74) is 6.63. The topological polar surface area (TPSA) is 50.2 Å². The van der Waals surface area contributed by atoms with Crippen LogP contribution in [-0.4, -0.2) is 46.8 Å². The molecule has 2 aromatic rings. The molecular weight excluding hydrogens is 360 g/mol. The maximum Gasteiger partial charge on any atom is 0.274 e. The van der Waals surface area contributed by atoms with Crippen molar-refractivity contribution in [3.05, 3.63) is 46.3 Å². The summed E-state index contributed by atoms with van der Waals surface area (Å²) < 4.78 is 2.04. The quantitative estimate of drug-likeness (QED) is 0.874. The number of aryl methyl sites for hydroxylation is 2. The Morgan fingerprint density at radius 1 is 1.26 bits per heavy atom. The Kier molecular flexibility index (Phi) is 5.92. The number of aromatic nitrogens is 2. The first-order chi connectivity index (χ1) is 12.6. The highest BCUT2D eigenvalue weighted by molar-refractivity contribution is 5.94. The second-order valence-electron chi connectivity index (χ2n) is 7.68. The van der Waals surface area contributed by atoms with Crippen molar-refractivity contribution in [2.75, 3.05) is 20.1 Å². The second-order valence-corrected chi connectivity index (χ2v) is 7.68. The lowest BCUT2D eigenvalue weighted by molar-refractivity contribution is 0.0729. The van der Waals surface area contributed by atoms with E-state index in [0.29, 0.717) is 5.69 Å². The largest absolute Gasteiger partial charge is 0.333 e. The smallest absolute Gasteiger partial charge is 0.274 e. The van der Waals surface area contributed by atoms with Gasteiger partial charge in [-0.25, -0.2) is 4.68 Å². The lowest BCUT2D eigenvalue weighted by atomic mass is 10.1. The highest BCUT2D eigenvalue weighted by atomic mass is 35.5. The van der Waals surface area contributed by atoms with E-state index in [4.69, 9.17) is 5.10 Å². The summed E-state index contributed by atoms with van der Waals surface area (Å²) in [6.45, 7) is 5.92. The van der Waals surface area contributed by atoms with Gasteiger partial charge in [0.15, 0.2) is 5.69 Å². The number of likely N-dealkylation sites (N-methyl/N-ethyl adjacent to an activating group) is 1. The molecule has 0 spiro atoms. The summed E-state index contributed by atoms with van der Waals surface area (Å²) in [5, 5.41) is 8.06. The van der Waals surface area contributed by atoms with Gasteiger partial charge in [0.25, 0.3) is 5.91 Å². The summed E-state index contributed by atoms with van der Waals surface area (Å²) in [5.74, 6) is 0.115. The van der Waals surface area contributed by atoms with Crippen molar-refractivity contribution in [3.63, 3.8) is 0 Å². The number of halogens is 1. The van der Waals surface area contributed by atoms with Gasteiger partial charge < -0.3 is 10.2 Å². The molecule has 2 heterocycles. The highest BCUT2D eigenvalue weighted by Crippen LogP contribution is 2.31. The summed E-state index contributed by atoms with van der Waals surface area (Å²) in [6.07, 6.45) is 5.23. The van der Waals surface area contributed by atoms with Gasteiger partial charge in [-0.3, -0.25) is 4.79 Å². The monoisotopic (exact) mass is 388 g/mol. The van der Waals surface area contributed by atoms with Gasteiger partial charge in [-0.05, 0) is 64.6 Å². The molecule has 27 heavy (non-hydrogen) atoms. The minimum atomic E-state index is 0. The standard InChI is InChI=1S/C21H28N4O.ClH/c1-14-9-10-18(15(2)12-14)25-19-8-4-7-17(19)20(23-25)21(26)24-11-5-6-16(24)13-22-3;/h9-10,12,16,22H,4-8,11,13H2,1-3H3;1H. The number of benzene rings is 1. The number of nitrogens with one attached hydrogen (secondary N) is 1. The Labute approximate surface area is 167 Å². The Bertz CT molecular complexity index is 845. The third-order valence-corrected chi connectivity index (χ3v) is 5.79. The van der Waals surface area contributed by atoms with E-state index in [1.807, 2.05) is 16.6 Å². The molecule has 5 nitrogen and oxygen atoms in total. The SMILES string of the molecule is CNCC1CCCN1C(=O)c1nn(-c2ccc(C)cc2C)c2c1CCC2.Cl. The van der Waals surface area contributed by atoms with Gasteiger partial charge >= 0.3 is 0 Å². The number of carbonyl (C=O) groups is 1. The molecule has 1 amide bonds. The van der Waals surface area contributed by atoms with Gasteiger partial charge in [-0.15, -0.1) is 12.4 Å². The van der Waals surface area contributed by atoms with Crippen LogP contribution in [0.5, 0.6) is 0 Å². The summed E-state index contributed by atoms with van der Waals surface area (Å²) in [4.78, 5) is 15.3. The maximum absolute atomic E-state index is 13.3. The molecule has 146 valence electrons. The molecule has 1 aliphatic carbocycles. The van der Waals surface area contributed by atoms with Gasteiger partial charge in [-0.2, -0.15) is 5.10 Å². The molecule has 1 fully saturated rings.